The number of hydrogen-bond donors (Lipinski definition) is 1. The van der Waals surface area contributed by atoms with Crippen LogP contribution in [0.1, 0.15) is 49.5 Å². The lowest BCUT2D eigenvalue weighted by Crippen LogP contribution is -2.30. The minimum atomic E-state index is -0.629. The molecule has 7 nitrogen and oxygen atoms in total. The zero-order valence-corrected chi connectivity index (χ0v) is 15.0. The van der Waals surface area contributed by atoms with E-state index in [1.807, 2.05) is 0 Å². The van der Waals surface area contributed by atoms with Gasteiger partial charge >= 0.3 is 5.97 Å². The lowest BCUT2D eigenvalue weighted by molar-refractivity contribution is -0.124. The van der Waals surface area contributed by atoms with Gasteiger partial charge in [0.2, 0.25) is 0 Å². The van der Waals surface area contributed by atoms with E-state index in [0.29, 0.717) is 16.7 Å². The van der Waals surface area contributed by atoms with Gasteiger partial charge in [0.1, 0.15) is 0 Å². The van der Waals surface area contributed by atoms with Gasteiger partial charge in [0.05, 0.1) is 23.2 Å². The number of rotatable bonds is 6. The van der Waals surface area contributed by atoms with Crippen LogP contribution in [0.3, 0.4) is 0 Å². The molecule has 2 aromatic rings. The number of amides is 3. The molecule has 0 radical (unpaired) electrons. The Kier molecular flexibility index (Phi) is 4.65. The second kappa shape index (κ2) is 7.26. The van der Waals surface area contributed by atoms with E-state index in [-0.39, 0.29) is 42.5 Å². The summed E-state index contributed by atoms with van der Waals surface area (Å²) in [6.45, 7) is -0.284. The molecular weight excluding hydrogens is 360 g/mol. The minimum Gasteiger partial charge on any atom is -0.452 e. The molecule has 28 heavy (non-hydrogen) atoms. The summed E-state index contributed by atoms with van der Waals surface area (Å²) in [7, 11) is 0. The number of carbonyl (C=O) groups excluding carboxylic acids is 4. The van der Waals surface area contributed by atoms with E-state index in [4.69, 9.17) is 4.74 Å². The molecule has 1 saturated carbocycles. The topological polar surface area (TPSA) is 92.8 Å². The van der Waals surface area contributed by atoms with Crippen molar-refractivity contribution >= 4 is 23.7 Å². The molecule has 142 valence electrons. The van der Waals surface area contributed by atoms with Gasteiger partial charge in [-0.2, -0.15) is 0 Å². The van der Waals surface area contributed by atoms with Crippen molar-refractivity contribution in [1.29, 1.82) is 0 Å². The van der Waals surface area contributed by atoms with Crippen LogP contribution in [0.5, 0.6) is 0 Å². The van der Waals surface area contributed by atoms with Crippen LogP contribution in [0.4, 0.5) is 0 Å². The van der Waals surface area contributed by atoms with Crippen molar-refractivity contribution in [3.63, 3.8) is 0 Å². The van der Waals surface area contributed by atoms with E-state index >= 15 is 0 Å². The first-order valence-corrected chi connectivity index (χ1v) is 9.03. The molecule has 0 saturated heterocycles. The highest BCUT2D eigenvalue weighted by molar-refractivity contribution is 6.21. The van der Waals surface area contributed by atoms with Crippen molar-refractivity contribution in [2.75, 3.05) is 6.61 Å². The van der Waals surface area contributed by atoms with Gasteiger partial charge in [0.15, 0.2) is 6.61 Å². The summed E-state index contributed by atoms with van der Waals surface area (Å²) in [6.07, 6.45) is 1.92. The molecule has 1 fully saturated rings. The zero-order chi connectivity index (χ0) is 19.7. The first-order chi connectivity index (χ1) is 13.5. The van der Waals surface area contributed by atoms with Crippen LogP contribution in [0.2, 0.25) is 0 Å². The molecule has 3 amide bonds. The molecule has 0 bridgehead atoms. The Bertz CT molecular complexity index is 945. The summed E-state index contributed by atoms with van der Waals surface area (Å²) < 4.78 is 5.04. The largest absolute Gasteiger partial charge is 0.452 e. The van der Waals surface area contributed by atoms with Gasteiger partial charge in [-0.3, -0.25) is 19.3 Å². The Morgan fingerprint density at radius 1 is 1.00 bits per heavy atom. The molecule has 7 heteroatoms. The average Bonchev–Trinajstić information content (AvgIpc) is 3.49. The van der Waals surface area contributed by atoms with Crippen molar-refractivity contribution in [3.05, 3.63) is 70.8 Å². The Balaban J connectivity index is 1.41. The van der Waals surface area contributed by atoms with E-state index < -0.39 is 5.97 Å². The Labute approximate surface area is 161 Å². The Hall–Kier alpha value is -3.48. The standard InChI is InChI=1S/C21H18N2O5/c24-18(22-15-8-9-15)12-28-21(27)14-5-3-4-13(10-14)11-23-19(25)16-6-1-2-7-17(16)20(23)26/h1-7,10,15H,8-9,11-12H2,(H,22,24). The van der Waals surface area contributed by atoms with Crippen molar-refractivity contribution in [2.45, 2.75) is 25.4 Å². The summed E-state index contributed by atoms with van der Waals surface area (Å²) in [5.74, 6) is -1.66. The van der Waals surface area contributed by atoms with E-state index in [1.54, 1.807) is 48.5 Å². The number of fused-ring (bicyclic) bond motifs is 1. The van der Waals surface area contributed by atoms with Crippen molar-refractivity contribution in [1.82, 2.24) is 10.2 Å². The Morgan fingerprint density at radius 3 is 2.32 bits per heavy atom. The average molecular weight is 378 g/mol. The van der Waals surface area contributed by atoms with Crippen LogP contribution in [0, 0.1) is 0 Å². The fourth-order valence-electron chi connectivity index (χ4n) is 3.07. The number of carbonyl (C=O) groups is 4. The highest BCUT2D eigenvalue weighted by Gasteiger charge is 2.35. The summed E-state index contributed by atoms with van der Waals surface area (Å²) in [5.41, 5.74) is 1.63. The molecule has 0 aromatic heterocycles. The lowest BCUT2D eigenvalue weighted by Gasteiger charge is -2.14. The third-order valence-corrected chi connectivity index (χ3v) is 4.66. The van der Waals surface area contributed by atoms with Crippen molar-refractivity contribution in [3.8, 4) is 0 Å². The summed E-state index contributed by atoms with van der Waals surface area (Å²) in [5, 5.41) is 2.74. The van der Waals surface area contributed by atoms with Gasteiger partial charge in [-0.15, -0.1) is 0 Å². The van der Waals surface area contributed by atoms with Crippen LogP contribution < -0.4 is 5.32 Å². The molecule has 2 aliphatic rings. The molecule has 1 aliphatic carbocycles. The summed E-state index contributed by atoms with van der Waals surface area (Å²) in [4.78, 5) is 49.9. The smallest absolute Gasteiger partial charge is 0.338 e. The van der Waals surface area contributed by atoms with Crippen LogP contribution in [0.25, 0.3) is 0 Å². The van der Waals surface area contributed by atoms with Gasteiger partial charge in [-0.1, -0.05) is 24.3 Å². The van der Waals surface area contributed by atoms with E-state index in [0.717, 1.165) is 17.7 Å². The predicted octanol–water partition coefficient (Wildman–Crippen LogP) is 1.92. The number of esters is 1. The maximum absolute atomic E-state index is 12.5. The summed E-state index contributed by atoms with van der Waals surface area (Å²) >= 11 is 0. The summed E-state index contributed by atoms with van der Waals surface area (Å²) in [6, 6.07) is 13.4. The van der Waals surface area contributed by atoms with Crippen LogP contribution >= 0.6 is 0 Å². The number of nitrogens with zero attached hydrogens (tertiary/aromatic N) is 1. The fraction of sp³-hybridized carbons (Fsp3) is 0.238. The van der Waals surface area contributed by atoms with Gasteiger partial charge in [0, 0.05) is 6.04 Å². The van der Waals surface area contributed by atoms with E-state index in [1.165, 1.54) is 0 Å². The maximum Gasteiger partial charge on any atom is 0.338 e. The molecule has 4 rings (SSSR count). The number of ether oxygens (including phenoxy) is 1. The zero-order valence-electron chi connectivity index (χ0n) is 15.0. The lowest BCUT2D eigenvalue weighted by atomic mass is 10.1. The predicted molar refractivity (Wildman–Crippen MR) is 98.5 cm³/mol. The fourth-order valence-corrected chi connectivity index (χ4v) is 3.07. The number of benzene rings is 2. The van der Waals surface area contributed by atoms with Crippen molar-refractivity contribution in [2.24, 2.45) is 0 Å². The SMILES string of the molecule is O=C(COC(=O)c1cccc(CN2C(=O)c3ccccc3C2=O)c1)NC1CC1. The number of nitrogens with one attached hydrogen (secondary N) is 1. The molecule has 0 spiro atoms. The minimum absolute atomic E-state index is 0.0512. The highest BCUT2D eigenvalue weighted by Crippen LogP contribution is 2.24. The van der Waals surface area contributed by atoms with Gasteiger partial charge < -0.3 is 10.1 Å². The maximum atomic E-state index is 12.5. The first-order valence-electron chi connectivity index (χ1n) is 9.03. The normalized spacial score (nSPS) is 15.4. The van der Waals surface area contributed by atoms with Crippen molar-refractivity contribution < 1.29 is 23.9 Å². The molecular formula is C21H18N2O5. The van der Waals surface area contributed by atoms with Crippen LogP contribution in [-0.2, 0) is 16.1 Å². The van der Waals surface area contributed by atoms with E-state index in [9.17, 15) is 19.2 Å². The van der Waals surface area contributed by atoms with E-state index in [2.05, 4.69) is 5.32 Å². The quantitative estimate of drug-likeness (QED) is 0.612. The van der Waals surface area contributed by atoms with Gasteiger partial charge in [0.25, 0.3) is 17.7 Å². The van der Waals surface area contributed by atoms with Crippen LogP contribution in [-0.4, -0.2) is 41.2 Å². The second-order valence-electron chi connectivity index (χ2n) is 6.86. The molecule has 0 atom stereocenters. The molecule has 2 aromatic carbocycles. The molecule has 1 aliphatic heterocycles. The van der Waals surface area contributed by atoms with Gasteiger partial charge in [-0.05, 0) is 42.7 Å². The number of imide groups is 1. The first kappa shape index (κ1) is 17.9. The molecule has 1 heterocycles. The monoisotopic (exact) mass is 378 g/mol. The highest BCUT2D eigenvalue weighted by atomic mass is 16.5. The third kappa shape index (κ3) is 3.64. The molecule has 1 N–H and O–H groups in total. The third-order valence-electron chi connectivity index (χ3n) is 4.66. The Morgan fingerprint density at radius 2 is 1.68 bits per heavy atom. The van der Waals surface area contributed by atoms with Gasteiger partial charge in [-0.25, -0.2) is 4.79 Å². The molecule has 0 unspecified atom stereocenters. The van der Waals surface area contributed by atoms with Crippen LogP contribution in [0.15, 0.2) is 48.5 Å². The number of hydrogen-bond acceptors (Lipinski definition) is 5. The second-order valence-corrected chi connectivity index (χ2v) is 6.86.